The van der Waals surface area contributed by atoms with Gasteiger partial charge in [-0.2, -0.15) is 4.98 Å². The summed E-state index contributed by atoms with van der Waals surface area (Å²) in [5.41, 5.74) is 0.999. The molecule has 2 aromatic rings. The number of nitrogens with zero attached hydrogens (tertiary/aromatic N) is 3. The van der Waals surface area contributed by atoms with E-state index in [0.717, 1.165) is 24.3 Å². The molecule has 0 fully saturated rings. The molecular weight excluding hydrogens is 238 g/mol. The lowest BCUT2D eigenvalue weighted by molar-refractivity contribution is -0.671. The lowest BCUT2D eigenvalue weighted by Crippen LogP contribution is -2.25. The van der Waals surface area contributed by atoms with Gasteiger partial charge < -0.3 is 4.52 Å². The lowest BCUT2D eigenvalue weighted by Gasteiger charge is -1.96. The van der Waals surface area contributed by atoms with E-state index in [4.69, 9.17) is 4.52 Å². The Morgan fingerprint density at radius 2 is 1.84 bits per heavy atom. The SMILES string of the molecule is CCCCCCCc1nc(-c2cc[n+](C)cc2)no1. The molecule has 2 rings (SSSR count). The van der Waals surface area contributed by atoms with E-state index in [1.54, 1.807) is 0 Å². The van der Waals surface area contributed by atoms with Gasteiger partial charge in [0.15, 0.2) is 12.4 Å². The fourth-order valence-electron chi connectivity index (χ4n) is 2.00. The molecule has 4 nitrogen and oxygen atoms in total. The molecule has 0 unspecified atom stereocenters. The third-order valence-corrected chi connectivity index (χ3v) is 3.20. The van der Waals surface area contributed by atoms with Crippen molar-refractivity contribution < 1.29 is 9.09 Å². The monoisotopic (exact) mass is 260 g/mol. The molecule has 0 saturated heterocycles. The fourth-order valence-corrected chi connectivity index (χ4v) is 2.00. The van der Waals surface area contributed by atoms with E-state index in [2.05, 4.69) is 17.1 Å². The second-order valence-corrected chi connectivity index (χ2v) is 4.93. The van der Waals surface area contributed by atoms with E-state index in [1.165, 1.54) is 25.7 Å². The van der Waals surface area contributed by atoms with Gasteiger partial charge in [0.25, 0.3) is 0 Å². The molecule has 0 saturated carbocycles. The third-order valence-electron chi connectivity index (χ3n) is 3.20. The predicted octanol–water partition coefficient (Wildman–Crippen LogP) is 3.07. The normalized spacial score (nSPS) is 10.8. The summed E-state index contributed by atoms with van der Waals surface area (Å²) in [5, 5.41) is 4.04. The summed E-state index contributed by atoms with van der Waals surface area (Å²) in [6.07, 6.45) is 11.1. The second-order valence-electron chi connectivity index (χ2n) is 4.93. The van der Waals surface area contributed by atoms with Gasteiger partial charge in [-0.05, 0) is 6.42 Å². The van der Waals surface area contributed by atoms with E-state index >= 15 is 0 Å². The lowest BCUT2D eigenvalue weighted by atomic mass is 10.1. The Morgan fingerprint density at radius 1 is 1.11 bits per heavy atom. The molecule has 0 aromatic carbocycles. The molecule has 0 aliphatic carbocycles. The van der Waals surface area contributed by atoms with Gasteiger partial charge in [0.05, 0.1) is 0 Å². The number of aromatic nitrogens is 3. The molecule has 19 heavy (non-hydrogen) atoms. The summed E-state index contributed by atoms with van der Waals surface area (Å²) in [7, 11) is 1.99. The van der Waals surface area contributed by atoms with Crippen LogP contribution >= 0.6 is 0 Å². The number of hydrogen-bond donors (Lipinski definition) is 0. The third kappa shape index (κ3) is 4.16. The number of rotatable bonds is 7. The molecule has 102 valence electrons. The highest BCUT2D eigenvalue weighted by molar-refractivity contribution is 5.51. The van der Waals surface area contributed by atoms with Gasteiger partial charge in [-0.3, -0.25) is 0 Å². The first-order valence-corrected chi connectivity index (χ1v) is 7.08. The molecule has 4 heteroatoms. The highest BCUT2D eigenvalue weighted by atomic mass is 16.5. The molecule has 0 aliphatic rings. The molecule has 0 amide bonds. The van der Waals surface area contributed by atoms with Gasteiger partial charge in [-0.15, -0.1) is 0 Å². The topological polar surface area (TPSA) is 42.8 Å². The van der Waals surface area contributed by atoms with E-state index < -0.39 is 0 Å². The summed E-state index contributed by atoms with van der Waals surface area (Å²) in [6, 6.07) is 3.99. The molecule has 2 aromatic heterocycles. The van der Waals surface area contributed by atoms with E-state index in [0.29, 0.717) is 5.82 Å². The maximum atomic E-state index is 5.29. The molecule has 0 radical (unpaired) electrons. The Morgan fingerprint density at radius 3 is 2.58 bits per heavy atom. The zero-order chi connectivity index (χ0) is 13.5. The summed E-state index contributed by atoms with van der Waals surface area (Å²) in [4.78, 5) is 4.44. The van der Waals surface area contributed by atoms with Crippen LogP contribution in [0.2, 0.25) is 0 Å². The van der Waals surface area contributed by atoms with Crippen molar-refractivity contribution in [2.45, 2.75) is 45.4 Å². The Labute approximate surface area is 114 Å². The van der Waals surface area contributed by atoms with Crippen LogP contribution in [-0.2, 0) is 13.5 Å². The average Bonchev–Trinajstić information content (AvgIpc) is 2.88. The number of pyridine rings is 1. The van der Waals surface area contributed by atoms with Crippen molar-refractivity contribution in [2.75, 3.05) is 0 Å². The average molecular weight is 260 g/mol. The van der Waals surface area contributed by atoms with E-state index in [9.17, 15) is 0 Å². The first kappa shape index (κ1) is 13.7. The van der Waals surface area contributed by atoms with Gasteiger partial charge in [0, 0.05) is 24.1 Å². The maximum absolute atomic E-state index is 5.29. The Balaban J connectivity index is 1.86. The van der Waals surface area contributed by atoms with Crippen molar-refractivity contribution in [3.63, 3.8) is 0 Å². The van der Waals surface area contributed by atoms with Crippen LogP contribution in [0.15, 0.2) is 29.0 Å². The molecule has 0 aliphatic heterocycles. The highest BCUT2D eigenvalue weighted by Gasteiger charge is 2.09. The van der Waals surface area contributed by atoms with E-state index in [-0.39, 0.29) is 0 Å². The highest BCUT2D eigenvalue weighted by Crippen LogP contribution is 2.15. The maximum Gasteiger partial charge on any atom is 0.226 e. The summed E-state index contributed by atoms with van der Waals surface area (Å²) in [5.74, 6) is 1.43. The van der Waals surface area contributed by atoms with Crippen molar-refractivity contribution in [1.29, 1.82) is 0 Å². The zero-order valence-corrected chi connectivity index (χ0v) is 11.8. The van der Waals surface area contributed by atoms with Gasteiger partial charge in [-0.1, -0.05) is 37.8 Å². The minimum Gasteiger partial charge on any atom is -0.339 e. The van der Waals surface area contributed by atoms with Gasteiger partial charge in [0.2, 0.25) is 11.7 Å². The van der Waals surface area contributed by atoms with Crippen LogP contribution in [0.4, 0.5) is 0 Å². The molecule has 0 spiro atoms. The zero-order valence-electron chi connectivity index (χ0n) is 11.8. The molecular formula is C15H22N3O+. The van der Waals surface area contributed by atoms with Gasteiger partial charge >= 0.3 is 0 Å². The van der Waals surface area contributed by atoms with Crippen LogP contribution in [0.25, 0.3) is 11.4 Å². The Hall–Kier alpha value is -1.71. The Kier molecular flexibility index (Phi) is 5.07. The first-order valence-electron chi connectivity index (χ1n) is 7.08. The van der Waals surface area contributed by atoms with Crippen molar-refractivity contribution in [3.05, 3.63) is 30.4 Å². The standard InChI is InChI=1S/C15H22N3O/c1-3-4-5-6-7-8-14-16-15(17-19-14)13-9-11-18(2)12-10-13/h9-12H,3-8H2,1-2H3/q+1. The number of aryl methyl sites for hydroxylation is 2. The molecule has 2 heterocycles. The predicted molar refractivity (Wildman–Crippen MR) is 73.4 cm³/mol. The van der Waals surface area contributed by atoms with Gasteiger partial charge in [0.1, 0.15) is 7.05 Å². The second kappa shape index (κ2) is 7.02. The van der Waals surface area contributed by atoms with Gasteiger partial charge in [-0.25, -0.2) is 4.57 Å². The number of hydrogen-bond acceptors (Lipinski definition) is 3. The Bertz CT molecular complexity index is 490. The van der Waals surface area contributed by atoms with Crippen LogP contribution < -0.4 is 4.57 Å². The largest absolute Gasteiger partial charge is 0.339 e. The molecule has 0 bridgehead atoms. The first-order chi connectivity index (χ1) is 9.29. The summed E-state index contributed by atoms with van der Waals surface area (Å²) >= 11 is 0. The minimum atomic E-state index is 0.684. The van der Waals surface area contributed by atoms with Crippen LogP contribution in [0.3, 0.4) is 0 Å². The molecule has 0 atom stereocenters. The smallest absolute Gasteiger partial charge is 0.226 e. The van der Waals surface area contributed by atoms with E-state index in [1.807, 2.05) is 36.1 Å². The molecule has 0 N–H and O–H groups in total. The van der Waals surface area contributed by atoms with Crippen LogP contribution in [0.1, 0.15) is 44.9 Å². The van der Waals surface area contributed by atoms with Crippen LogP contribution in [-0.4, -0.2) is 10.1 Å². The number of unbranched alkanes of at least 4 members (excludes halogenated alkanes) is 4. The van der Waals surface area contributed by atoms with Crippen LogP contribution in [0, 0.1) is 0 Å². The van der Waals surface area contributed by atoms with Crippen molar-refractivity contribution >= 4 is 0 Å². The van der Waals surface area contributed by atoms with Crippen molar-refractivity contribution in [1.82, 2.24) is 10.1 Å². The van der Waals surface area contributed by atoms with Crippen LogP contribution in [0.5, 0.6) is 0 Å². The fraction of sp³-hybridized carbons (Fsp3) is 0.533. The quantitative estimate of drug-likeness (QED) is 0.567. The summed E-state index contributed by atoms with van der Waals surface area (Å²) < 4.78 is 7.27. The van der Waals surface area contributed by atoms with Crippen molar-refractivity contribution in [2.24, 2.45) is 7.05 Å². The summed E-state index contributed by atoms with van der Waals surface area (Å²) in [6.45, 7) is 2.23. The minimum absolute atomic E-state index is 0.684. The van der Waals surface area contributed by atoms with Crippen molar-refractivity contribution in [3.8, 4) is 11.4 Å².